The molecule has 0 aliphatic carbocycles. The third kappa shape index (κ3) is 5.19. The van der Waals surface area contributed by atoms with Gasteiger partial charge >= 0.3 is 0 Å². The number of halogens is 1. The maximum Gasteiger partial charge on any atom is 0.120 e. The lowest BCUT2D eigenvalue weighted by molar-refractivity contribution is 0.0926. The molecule has 0 N–H and O–H groups in total. The Morgan fingerprint density at radius 1 is 1.06 bits per heavy atom. The predicted octanol–water partition coefficient (Wildman–Crippen LogP) is 4.76. The Balaban J connectivity index is 2.69. The van der Waals surface area contributed by atoms with Crippen molar-refractivity contribution in [3.8, 4) is 5.75 Å². The molecular formula is C14H21IO. The van der Waals surface area contributed by atoms with Gasteiger partial charge in [-0.1, -0.05) is 54.1 Å². The zero-order chi connectivity index (χ0) is 12.4. The number of hydrogen-bond acceptors (Lipinski definition) is 1. The fourth-order valence-corrected chi connectivity index (χ4v) is 2.89. The Hall–Kier alpha value is -0.250. The third-order valence-electron chi connectivity index (χ3n) is 2.26. The average molecular weight is 332 g/mol. The molecule has 2 heteroatoms. The molecule has 0 amide bonds. The van der Waals surface area contributed by atoms with Gasteiger partial charge in [0.2, 0.25) is 0 Å². The topological polar surface area (TPSA) is 9.23 Å². The monoisotopic (exact) mass is 332 g/mol. The van der Waals surface area contributed by atoms with Crippen molar-refractivity contribution in [2.24, 2.45) is 0 Å². The highest BCUT2D eigenvalue weighted by Crippen LogP contribution is 2.31. The summed E-state index contributed by atoms with van der Waals surface area (Å²) in [6, 6.07) is 8.25. The molecule has 0 bridgehead atoms. The molecule has 0 heterocycles. The first-order valence-electron chi connectivity index (χ1n) is 5.63. The maximum absolute atomic E-state index is 6.03. The Bertz CT molecular complexity index is 333. The van der Waals surface area contributed by atoms with Gasteiger partial charge in [-0.2, -0.15) is 0 Å². The van der Waals surface area contributed by atoms with E-state index in [9.17, 15) is 0 Å². The fraction of sp³-hybridized carbons (Fsp3) is 0.571. The van der Waals surface area contributed by atoms with Crippen LogP contribution in [0.2, 0.25) is 0 Å². The summed E-state index contributed by atoms with van der Waals surface area (Å²) in [6.07, 6.45) is 1.02. The van der Waals surface area contributed by atoms with Gasteiger partial charge in [0.05, 0.1) is 0 Å². The van der Waals surface area contributed by atoms with Crippen molar-refractivity contribution in [3.05, 3.63) is 29.8 Å². The highest BCUT2D eigenvalue weighted by molar-refractivity contribution is 14.1. The SMILES string of the molecule is Cc1ccc(OC(C)(C)CC(C)(C)I)cc1. The van der Waals surface area contributed by atoms with Crippen LogP contribution in [0.25, 0.3) is 0 Å². The molecular weight excluding hydrogens is 311 g/mol. The molecule has 0 fully saturated rings. The molecule has 0 atom stereocenters. The molecule has 1 aromatic carbocycles. The summed E-state index contributed by atoms with van der Waals surface area (Å²) >= 11 is 2.47. The van der Waals surface area contributed by atoms with Crippen LogP contribution >= 0.6 is 22.6 Å². The van der Waals surface area contributed by atoms with Crippen molar-refractivity contribution in [2.75, 3.05) is 0 Å². The highest BCUT2D eigenvalue weighted by atomic mass is 127. The minimum absolute atomic E-state index is 0.125. The van der Waals surface area contributed by atoms with E-state index in [0.717, 1.165) is 12.2 Å². The maximum atomic E-state index is 6.03. The zero-order valence-electron chi connectivity index (χ0n) is 10.8. The van der Waals surface area contributed by atoms with Crippen LogP contribution in [0.5, 0.6) is 5.75 Å². The van der Waals surface area contributed by atoms with Gasteiger partial charge in [-0.15, -0.1) is 0 Å². The average Bonchev–Trinajstić information content (AvgIpc) is 2.04. The third-order valence-corrected chi connectivity index (χ3v) is 2.64. The molecule has 1 rings (SSSR count). The molecule has 1 nitrogen and oxygen atoms in total. The van der Waals surface area contributed by atoms with Crippen molar-refractivity contribution in [1.82, 2.24) is 0 Å². The van der Waals surface area contributed by atoms with Gasteiger partial charge in [-0.25, -0.2) is 0 Å². The van der Waals surface area contributed by atoms with E-state index in [4.69, 9.17) is 4.74 Å². The molecule has 16 heavy (non-hydrogen) atoms. The van der Waals surface area contributed by atoms with E-state index >= 15 is 0 Å². The van der Waals surface area contributed by atoms with Crippen LogP contribution in [0.1, 0.15) is 39.7 Å². The van der Waals surface area contributed by atoms with Crippen molar-refractivity contribution >= 4 is 22.6 Å². The molecule has 0 unspecified atom stereocenters. The van der Waals surface area contributed by atoms with Crippen molar-refractivity contribution in [3.63, 3.8) is 0 Å². The highest BCUT2D eigenvalue weighted by Gasteiger charge is 2.28. The largest absolute Gasteiger partial charge is 0.488 e. The van der Waals surface area contributed by atoms with E-state index < -0.39 is 0 Å². The second-order valence-corrected chi connectivity index (χ2v) is 8.49. The molecule has 90 valence electrons. The first-order valence-corrected chi connectivity index (χ1v) is 6.70. The lowest BCUT2D eigenvalue weighted by Crippen LogP contribution is -2.34. The summed E-state index contributed by atoms with van der Waals surface area (Å²) < 4.78 is 6.28. The lowest BCUT2D eigenvalue weighted by atomic mass is 9.96. The first kappa shape index (κ1) is 13.8. The van der Waals surface area contributed by atoms with Crippen molar-refractivity contribution < 1.29 is 4.74 Å². The number of rotatable bonds is 4. The minimum Gasteiger partial charge on any atom is -0.488 e. The second-order valence-electron chi connectivity index (χ2n) is 5.57. The number of benzene rings is 1. The van der Waals surface area contributed by atoms with Crippen molar-refractivity contribution in [1.29, 1.82) is 0 Å². The normalized spacial score (nSPS) is 12.6. The quantitative estimate of drug-likeness (QED) is 0.571. The molecule has 0 saturated heterocycles. The second kappa shape index (κ2) is 4.94. The predicted molar refractivity (Wildman–Crippen MR) is 78.6 cm³/mol. The Morgan fingerprint density at radius 2 is 1.56 bits per heavy atom. The molecule has 1 aromatic rings. The summed E-state index contributed by atoms with van der Waals surface area (Å²) in [5.74, 6) is 0.955. The standard InChI is InChI=1S/C14H21IO/c1-11-6-8-12(9-7-11)16-14(4,5)10-13(2,3)15/h6-9H,10H2,1-5H3. The number of aryl methyl sites for hydroxylation is 1. The number of ether oxygens (including phenoxy) is 1. The molecule has 0 aliphatic rings. The van der Waals surface area contributed by atoms with Crippen LogP contribution in [-0.2, 0) is 0 Å². The minimum atomic E-state index is -0.125. The van der Waals surface area contributed by atoms with E-state index in [-0.39, 0.29) is 9.02 Å². The van der Waals surface area contributed by atoms with Crippen LogP contribution in [0, 0.1) is 6.92 Å². The van der Waals surface area contributed by atoms with Crippen molar-refractivity contribution in [2.45, 2.75) is 50.1 Å². The lowest BCUT2D eigenvalue weighted by Gasteiger charge is -2.32. The first-order chi connectivity index (χ1) is 7.18. The van der Waals surface area contributed by atoms with Gasteiger partial charge in [-0.05, 0) is 32.9 Å². The Kier molecular flexibility index (Phi) is 4.27. The number of hydrogen-bond donors (Lipinski definition) is 0. The Labute approximate surface area is 113 Å². The Morgan fingerprint density at radius 3 is 2.00 bits per heavy atom. The van der Waals surface area contributed by atoms with Crippen LogP contribution in [0.4, 0.5) is 0 Å². The van der Waals surface area contributed by atoms with E-state index in [1.54, 1.807) is 0 Å². The van der Waals surface area contributed by atoms with E-state index in [2.05, 4.69) is 69.3 Å². The van der Waals surface area contributed by atoms with Gasteiger partial charge < -0.3 is 4.74 Å². The number of alkyl halides is 1. The molecule has 0 aliphatic heterocycles. The summed E-state index contributed by atoms with van der Waals surface area (Å²) in [7, 11) is 0. The van der Waals surface area contributed by atoms with E-state index in [1.807, 2.05) is 12.1 Å². The van der Waals surface area contributed by atoms with Gasteiger partial charge in [0.15, 0.2) is 0 Å². The molecule has 0 radical (unpaired) electrons. The van der Waals surface area contributed by atoms with Gasteiger partial charge in [0, 0.05) is 9.84 Å². The molecule has 0 aromatic heterocycles. The fourth-order valence-electron chi connectivity index (χ4n) is 1.97. The van der Waals surface area contributed by atoms with E-state index in [1.165, 1.54) is 5.56 Å². The van der Waals surface area contributed by atoms with Crippen LogP contribution in [0.3, 0.4) is 0 Å². The van der Waals surface area contributed by atoms with E-state index in [0.29, 0.717) is 0 Å². The van der Waals surface area contributed by atoms with Crippen LogP contribution in [0.15, 0.2) is 24.3 Å². The summed E-state index contributed by atoms with van der Waals surface area (Å²) in [6.45, 7) is 10.8. The summed E-state index contributed by atoms with van der Waals surface area (Å²) in [5.41, 5.74) is 1.14. The smallest absolute Gasteiger partial charge is 0.120 e. The summed E-state index contributed by atoms with van der Waals surface area (Å²) in [4.78, 5) is 0. The van der Waals surface area contributed by atoms with Gasteiger partial charge in [0.1, 0.15) is 11.4 Å². The summed E-state index contributed by atoms with van der Waals surface area (Å²) in [5, 5.41) is 0. The zero-order valence-corrected chi connectivity index (χ0v) is 13.0. The van der Waals surface area contributed by atoms with Gasteiger partial charge in [-0.3, -0.25) is 0 Å². The molecule has 0 saturated carbocycles. The van der Waals surface area contributed by atoms with Gasteiger partial charge in [0.25, 0.3) is 0 Å². The van der Waals surface area contributed by atoms with Crippen LogP contribution in [-0.4, -0.2) is 9.02 Å². The molecule has 0 spiro atoms. The van der Waals surface area contributed by atoms with Crippen LogP contribution < -0.4 is 4.74 Å².